The van der Waals surface area contributed by atoms with E-state index in [4.69, 9.17) is 0 Å². The van der Waals surface area contributed by atoms with E-state index in [1.54, 1.807) is 6.92 Å². The van der Waals surface area contributed by atoms with Gasteiger partial charge in [-0.15, -0.1) is 11.3 Å². The molecule has 146 valence electrons. The summed E-state index contributed by atoms with van der Waals surface area (Å²) in [6.07, 6.45) is 0. The molecule has 4 rings (SSSR count). The van der Waals surface area contributed by atoms with Crippen molar-refractivity contribution in [3.8, 4) is 23.4 Å². The summed E-state index contributed by atoms with van der Waals surface area (Å²) in [6, 6.07) is 23.0. The molecule has 1 aliphatic rings. The molecule has 0 saturated carbocycles. The molecule has 0 saturated heterocycles. The van der Waals surface area contributed by atoms with Crippen LogP contribution in [-0.4, -0.2) is 16.6 Å². The predicted octanol–water partition coefficient (Wildman–Crippen LogP) is 4.60. The van der Waals surface area contributed by atoms with Crippen molar-refractivity contribution >= 4 is 28.1 Å². The van der Waals surface area contributed by atoms with Crippen LogP contribution in [0, 0.1) is 34.5 Å². The lowest BCUT2D eigenvalue weighted by molar-refractivity contribution is -0.120. The smallest absolute Gasteiger partial charge is 0.259 e. The Bertz CT molecular complexity index is 1160. The van der Waals surface area contributed by atoms with Crippen LogP contribution in [0.3, 0.4) is 0 Å². The number of thiazole rings is 1. The van der Waals surface area contributed by atoms with Gasteiger partial charge in [0.2, 0.25) is 5.13 Å². The number of anilines is 1. The van der Waals surface area contributed by atoms with E-state index in [0.717, 1.165) is 16.8 Å². The molecule has 2 atom stereocenters. The van der Waals surface area contributed by atoms with Gasteiger partial charge in [0.25, 0.3) is 5.91 Å². The highest BCUT2D eigenvalue weighted by molar-refractivity contribution is 7.14. The standard InChI is InChI=1S/C23H17N5OS/c1-15-20(21(18(12-24)13-25)17-10-6-3-7-11-17)22(29)28(27-15)23-26-19(14-30-23)16-8-4-2-5-9-16/h2-11,14,18,20-21H,1H3/t20-,21+/m0/s1. The molecule has 30 heavy (non-hydrogen) atoms. The maximum absolute atomic E-state index is 13.4. The summed E-state index contributed by atoms with van der Waals surface area (Å²) in [6.45, 7) is 1.76. The van der Waals surface area contributed by atoms with Gasteiger partial charge < -0.3 is 0 Å². The second-order valence-electron chi connectivity index (χ2n) is 6.92. The highest BCUT2D eigenvalue weighted by Crippen LogP contribution is 2.39. The van der Waals surface area contributed by atoms with Crippen LogP contribution >= 0.6 is 11.3 Å². The largest absolute Gasteiger partial charge is 0.272 e. The molecule has 0 N–H and O–H groups in total. The van der Waals surface area contributed by atoms with Gasteiger partial charge in [0.1, 0.15) is 5.92 Å². The third-order valence-electron chi connectivity index (χ3n) is 5.11. The Labute approximate surface area is 178 Å². The Morgan fingerprint density at radius 3 is 2.30 bits per heavy atom. The summed E-state index contributed by atoms with van der Waals surface area (Å²) in [4.78, 5) is 18.0. The molecular formula is C23H17N5OS. The van der Waals surface area contributed by atoms with Crippen LogP contribution in [0.15, 0.2) is 71.1 Å². The molecule has 7 heteroatoms. The molecule has 2 aromatic carbocycles. The molecule has 6 nitrogen and oxygen atoms in total. The Morgan fingerprint density at radius 1 is 1.03 bits per heavy atom. The first-order valence-corrected chi connectivity index (χ1v) is 10.3. The summed E-state index contributed by atoms with van der Waals surface area (Å²) in [7, 11) is 0. The highest BCUT2D eigenvalue weighted by Gasteiger charge is 2.45. The Hall–Kier alpha value is -3.81. The summed E-state index contributed by atoms with van der Waals surface area (Å²) < 4.78 is 0. The lowest BCUT2D eigenvalue weighted by atomic mass is 9.76. The summed E-state index contributed by atoms with van der Waals surface area (Å²) in [5.41, 5.74) is 3.07. The number of benzene rings is 2. The Balaban J connectivity index is 1.68. The van der Waals surface area contributed by atoms with Crippen molar-refractivity contribution in [3.05, 3.63) is 71.6 Å². The number of amides is 1. The fourth-order valence-corrected chi connectivity index (χ4v) is 4.46. The fraction of sp³-hybridized carbons (Fsp3) is 0.174. The zero-order valence-corrected chi connectivity index (χ0v) is 17.0. The second kappa shape index (κ2) is 8.28. The summed E-state index contributed by atoms with van der Waals surface area (Å²) in [5, 5.41) is 27.2. The molecule has 0 radical (unpaired) electrons. The zero-order chi connectivity index (χ0) is 21.1. The molecular weight excluding hydrogens is 394 g/mol. The van der Waals surface area contributed by atoms with Crippen LogP contribution in [0.2, 0.25) is 0 Å². The lowest BCUT2D eigenvalue weighted by Gasteiger charge is -2.23. The molecule has 0 aliphatic carbocycles. The first kappa shape index (κ1) is 19.5. The summed E-state index contributed by atoms with van der Waals surface area (Å²) >= 11 is 1.33. The normalized spacial score (nSPS) is 16.8. The number of nitriles is 2. The van der Waals surface area contributed by atoms with Crippen molar-refractivity contribution in [2.75, 3.05) is 5.01 Å². The predicted molar refractivity (Wildman–Crippen MR) is 116 cm³/mol. The number of aromatic nitrogens is 1. The minimum atomic E-state index is -0.970. The third-order valence-corrected chi connectivity index (χ3v) is 5.92. The highest BCUT2D eigenvalue weighted by atomic mass is 32.1. The average molecular weight is 411 g/mol. The topological polar surface area (TPSA) is 93.1 Å². The molecule has 3 aromatic rings. The number of hydrazone groups is 1. The number of nitrogens with zero attached hydrogens (tertiary/aromatic N) is 5. The number of hydrogen-bond acceptors (Lipinski definition) is 6. The van der Waals surface area contributed by atoms with Crippen LogP contribution in [0.4, 0.5) is 5.13 Å². The molecule has 1 amide bonds. The lowest BCUT2D eigenvalue weighted by Crippen LogP contribution is -2.34. The quantitative estimate of drug-likeness (QED) is 0.613. The van der Waals surface area contributed by atoms with Gasteiger partial charge in [0, 0.05) is 22.6 Å². The van der Waals surface area contributed by atoms with E-state index in [-0.39, 0.29) is 5.91 Å². The van der Waals surface area contributed by atoms with Gasteiger partial charge in [-0.05, 0) is 12.5 Å². The van der Waals surface area contributed by atoms with Crippen molar-refractivity contribution in [2.45, 2.75) is 12.8 Å². The Morgan fingerprint density at radius 2 is 1.67 bits per heavy atom. The van der Waals surface area contributed by atoms with Gasteiger partial charge >= 0.3 is 0 Å². The van der Waals surface area contributed by atoms with Gasteiger partial charge in [-0.2, -0.15) is 20.6 Å². The minimum Gasteiger partial charge on any atom is -0.272 e. The molecule has 1 aliphatic heterocycles. The molecule has 2 heterocycles. The van der Waals surface area contributed by atoms with Crippen LogP contribution in [-0.2, 0) is 4.79 Å². The number of rotatable bonds is 5. The van der Waals surface area contributed by atoms with Crippen LogP contribution in [0.5, 0.6) is 0 Å². The maximum atomic E-state index is 13.4. The monoisotopic (exact) mass is 411 g/mol. The van der Waals surface area contributed by atoms with E-state index in [1.165, 1.54) is 16.3 Å². The third kappa shape index (κ3) is 3.47. The fourth-order valence-electron chi connectivity index (χ4n) is 3.68. The van der Waals surface area contributed by atoms with E-state index in [9.17, 15) is 15.3 Å². The molecule has 0 bridgehead atoms. The summed E-state index contributed by atoms with van der Waals surface area (Å²) in [5.74, 6) is -2.54. The molecule has 1 aromatic heterocycles. The molecule has 0 unspecified atom stereocenters. The first-order valence-electron chi connectivity index (χ1n) is 9.38. The van der Waals surface area contributed by atoms with Crippen LogP contribution in [0.1, 0.15) is 18.4 Å². The van der Waals surface area contributed by atoms with E-state index in [0.29, 0.717) is 10.8 Å². The van der Waals surface area contributed by atoms with Gasteiger partial charge in [-0.25, -0.2) is 4.98 Å². The molecule has 0 fully saturated rings. The van der Waals surface area contributed by atoms with Crippen LogP contribution in [0.25, 0.3) is 11.3 Å². The van der Waals surface area contributed by atoms with Crippen molar-refractivity contribution < 1.29 is 4.79 Å². The Kier molecular flexibility index (Phi) is 5.38. The second-order valence-corrected chi connectivity index (χ2v) is 7.76. The van der Waals surface area contributed by atoms with Gasteiger partial charge in [0.15, 0.2) is 0 Å². The minimum absolute atomic E-state index is 0.272. The van der Waals surface area contributed by atoms with Gasteiger partial charge in [-0.3, -0.25) is 4.79 Å². The van der Waals surface area contributed by atoms with Crippen molar-refractivity contribution in [3.63, 3.8) is 0 Å². The van der Waals surface area contributed by atoms with Crippen molar-refractivity contribution in [1.82, 2.24) is 4.98 Å². The van der Waals surface area contributed by atoms with Gasteiger partial charge in [0.05, 0.1) is 23.8 Å². The van der Waals surface area contributed by atoms with E-state index in [1.807, 2.05) is 78.2 Å². The van der Waals surface area contributed by atoms with Crippen molar-refractivity contribution in [2.24, 2.45) is 16.9 Å². The van der Waals surface area contributed by atoms with Crippen molar-refractivity contribution in [1.29, 1.82) is 10.5 Å². The average Bonchev–Trinajstić information content (AvgIpc) is 3.38. The zero-order valence-electron chi connectivity index (χ0n) is 16.1. The van der Waals surface area contributed by atoms with E-state index in [2.05, 4.69) is 10.1 Å². The van der Waals surface area contributed by atoms with E-state index < -0.39 is 17.8 Å². The number of carbonyl (C=O) groups excluding carboxylic acids is 1. The first-order chi connectivity index (χ1) is 14.6. The van der Waals surface area contributed by atoms with E-state index >= 15 is 0 Å². The number of carbonyl (C=O) groups is 1. The maximum Gasteiger partial charge on any atom is 0.259 e. The van der Waals surface area contributed by atoms with Gasteiger partial charge in [-0.1, -0.05) is 60.7 Å². The molecule has 0 spiro atoms. The number of hydrogen-bond donors (Lipinski definition) is 0. The SMILES string of the molecule is CC1=NN(c2nc(-c3ccccc3)cs2)C(=O)[C@@H]1[C@H](c1ccccc1)C(C#N)C#N. The van der Waals surface area contributed by atoms with Crippen LogP contribution < -0.4 is 5.01 Å².